The van der Waals surface area contributed by atoms with Crippen molar-refractivity contribution in [2.45, 2.75) is 24.6 Å². The molecule has 0 saturated heterocycles. The number of aliphatic hydroxyl groups excluding tert-OH is 1. The third kappa shape index (κ3) is 3.28. The Bertz CT molecular complexity index is 238. The van der Waals surface area contributed by atoms with Gasteiger partial charge in [0.05, 0.1) is 11.9 Å². The van der Waals surface area contributed by atoms with E-state index >= 15 is 0 Å². The van der Waals surface area contributed by atoms with Gasteiger partial charge in [0.25, 0.3) is 0 Å². The lowest BCUT2D eigenvalue weighted by Gasteiger charge is -2.20. The Morgan fingerprint density at radius 1 is 1.64 bits per heavy atom. The first-order valence-corrected chi connectivity index (χ1v) is 6.73. The molecule has 1 rings (SSSR count). The summed E-state index contributed by atoms with van der Waals surface area (Å²) in [5.41, 5.74) is 6.05. The van der Waals surface area contributed by atoms with Crippen molar-refractivity contribution in [1.82, 2.24) is 0 Å². The Morgan fingerprint density at radius 3 is 2.93 bits per heavy atom. The van der Waals surface area contributed by atoms with Crippen LogP contribution >= 0.6 is 23.1 Å². The summed E-state index contributed by atoms with van der Waals surface area (Å²) in [4.78, 5) is 1.32. The number of thioether (sulfide) groups is 1. The Hall–Kier alpha value is -0.0300. The molecule has 2 atom stereocenters. The predicted octanol–water partition coefficient (Wildman–Crippen LogP) is 2.25. The van der Waals surface area contributed by atoms with Crippen molar-refractivity contribution in [2.24, 2.45) is 5.73 Å². The SMILES string of the molecule is CCC(N)C(SCCO)c1cccs1. The van der Waals surface area contributed by atoms with Gasteiger partial charge in [-0.3, -0.25) is 0 Å². The van der Waals surface area contributed by atoms with Gasteiger partial charge in [-0.25, -0.2) is 0 Å². The molecule has 0 amide bonds. The average molecular weight is 231 g/mol. The van der Waals surface area contributed by atoms with E-state index in [1.807, 2.05) is 0 Å². The van der Waals surface area contributed by atoms with Crippen LogP contribution in [0.1, 0.15) is 23.5 Å². The summed E-state index contributed by atoms with van der Waals surface area (Å²) >= 11 is 3.49. The standard InChI is InChI=1S/C10H17NOS2/c1-2-8(11)10(14-7-5-12)9-4-3-6-13-9/h3-4,6,8,10,12H,2,5,7,11H2,1H3. The third-order valence-electron chi connectivity index (χ3n) is 2.07. The molecule has 2 unspecified atom stereocenters. The van der Waals surface area contributed by atoms with E-state index in [1.165, 1.54) is 4.88 Å². The quantitative estimate of drug-likeness (QED) is 0.789. The number of hydrogen-bond acceptors (Lipinski definition) is 4. The minimum atomic E-state index is 0.185. The number of nitrogens with two attached hydrogens (primary N) is 1. The maximum Gasteiger partial charge on any atom is 0.0542 e. The molecule has 0 radical (unpaired) electrons. The summed E-state index contributed by atoms with van der Waals surface area (Å²) < 4.78 is 0. The maximum absolute atomic E-state index is 8.81. The second kappa shape index (κ2) is 6.45. The first kappa shape index (κ1) is 12.0. The molecular weight excluding hydrogens is 214 g/mol. The number of aliphatic hydroxyl groups is 1. The fourth-order valence-corrected chi connectivity index (χ4v) is 3.46. The van der Waals surface area contributed by atoms with Crippen LogP contribution in [0.5, 0.6) is 0 Å². The van der Waals surface area contributed by atoms with Gasteiger partial charge in [0, 0.05) is 16.7 Å². The second-order valence-electron chi connectivity index (χ2n) is 3.10. The number of hydrogen-bond donors (Lipinski definition) is 2. The zero-order chi connectivity index (χ0) is 10.4. The van der Waals surface area contributed by atoms with Crippen LogP contribution in [-0.4, -0.2) is 23.5 Å². The Labute approximate surface area is 93.5 Å². The zero-order valence-corrected chi connectivity index (χ0v) is 9.98. The molecule has 0 aliphatic heterocycles. The van der Waals surface area contributed by atoms with Crippen LogP contribution in [0.25, 0.3) is 0 Å². The highest BCUT2D eigenvalue weighted by atomic mass is 32.2. The second-order valence-corrected chi connectivity index (χ2v) is 5.33. The van der Waals surface area contributed by atoms with Crippen molar-refractivity contribution in [1.29, 1.82) is 0 Å². The average Bonchev–Trinajstić information content (AvgIpc) is 2.71. The Morgan fingerprint density at radius 2 is 2.43 bits per heavy atom. The third-order valence-corrected chi connectivity index (χ3v) is 4.56. The molecule has 0 spiro atoms. The molecule has 1 aromatic rings. The normalized spacial score (nSPS) is 15.4. The van der Waals surface area contributed by atoms with Crippen molar-refractivity contribution >= 4 is 23.1 Å². The molecule has 0 saturated carbocycles. The van der Waals surface area contributed by atoms with E-state index in [0.29, 0.717) is 5.25 Å². The van der Waals surface area contributed by atoms with E-state index in [0.717, 1.165) is 12.2 Å². The molecule has 1 aromatic heterocycles. The predicted molar refractivity (Wildman–Crippen MR) is 64.9 cm³/mol. The van der Waals surface area contributed by atoms with Crippen LogP contribution in [0, 0.1) is 0 Å². The number of rotatable bonds is 6. The van der Waals surface area contributed by atoms with Gasteiger partial charge >= 0.3 is 0 Å². The first-order valence-electron chi connectivity index (χ1n) is 4.81. The fraction of sp³-hybridized carbons (Fsp3) is 0.600. The van der Waals surface area contributed by atoms with Gasteiger partial charge in [-0.15, -0.1) is 23.1 Å². The van der Waals surface area contributed by atoms with Gasteiger partial charge in [-0.05, 0) is 17.9 Å². The van der Waals surface area contributed by atoms with Crippen LogP contribution in [0.15, 0.2) is 17.5 Å². The maximum atomic E-state index is 8.81. The summed E-state index contributed by atoms with van der Waals surface area (Å²) in [6.07, 6.45) is 0.973. The highest BCUT2D eigenvalue weighted by molar-refractivity contribution is 7.99. The summed E-state index contributed by atoms with van der Waals surface area (Å²) in [6.45, 7) is 2.33. The summed E-state index contributed by atoms with van der Waals surface area (Å²) in [7, 11) is 0. The molecule has 0 aliphatic rings. The summed E-state index contributed by atoms with van der Waals surface area (Å²) in [6, 6.07) is 4.36. The molecule has 4 heteroatoms. The molecule has 0 bridgehead atoms. The highest BCUT2D eigenvalue weighted by Crippen LogP contribution is 2.34. The van der Waals surface area contributed by atoms with Gasteiger partial charge in [-0.1, -0.05) is 13.0 Å². The Kier molecular flexibility index (Phi) is 5.55. The van der Waals surface area contributed by atoms with E-state index < -0.39 is 0 Å². The number of thiophene rings is 1. The van der Waals surface area contributed by atoms with Gasteiger partial charge in [0.15, 0.2) is 0 Å². The summed E-state index contributed by atoms with van der Waals surface area (Å²) in [5.74, 6) is 0.760. The minimum Gasteiger partial charge on any atom is -0.396 e. The van der Waals surface area contributed by atoms with E-state index in [2.05, 4.69) is 24.4 Å². The summed E-state index contributed by atoms with van der Waals surface area (Å²) in [5, 5.41) is 11.2. The first-order chi connectivity index (χ1) is 6.79. The van der Waals surface area contributed by atoms with Gasteiger partial charge < -0.3 is 10.8 Å². The molecule has 0 aromatic carbocycles. The van der Waals surface area contributed by atoms with Crippen LogP contribution in [0.4, 0.5) is 0 Å². The zero-order valence-electron chi connectivity index (χ0n) is 8.35. The lowest BCUT2D eigenvalue weighted by molar-refractivity contribution is 0.322. The molecule has 0 aliphatic carbocycles. The van der Waals surface area contributed by atoms with Crippen LogP contribution in [0.2, 0.25) is 0 Å². The molecule has 14 heavy (non-hydrogen) atoms. The van der Waals surface area contributed by atoms with E-state index in [4.69, 9.17) is 10.8 Å². The van der Waals surface area contributed by atoms with Crippen molar-refractivity contribution in [3.8, 4) is 0 Å². The smallest absolute Gasteiger partial charge is 0.0542 e. The van der Waals surface area contributed by atoms with E-state index in [9.17, 15) is 0 Å². The minimum absolute atomic E-state index is 0.185. The largest absolute Gasteiger partial charge is 0.396 e. The van der Waals surface area contributed by atoms with Crippen LogP contribution in [-0.2, 0) is 0 Å². The van der Waals surface area contributed by atoms with Crippen molar-refractivity contribution in [2.75, 3.05) is 12.4 Å². The monoisotopic (exact) mass is 231 g/mol. The van der Waals surface area contributed by atoms with E-state index in [1.54, 1.807) is 23.1 Å². The van der Waals surface area contributed by atoms with Gasteiger partial charge in [0.1, 0.15) is 0 Å². The lowest BCUT2D eigenvalue weighted by atomic mass is 10.1. The van der Waals surface area contributed by atoms with Crippen molar-refractivity contribution in [3.63, 3.8) is 0 Å². The lowest BCUT2D eigenvalue weighted by Crippen LogP contribution is -2.25. The molecule has 0 fully saturated rings. The van der Waals surface area contributed by atoms with Gasteiger partial charge in [-0.2, -0.15) is 0 Å². The molecular formula is C10H17NOS2. The van der Waals surface area contributed by atoms with Crippen LogP contribution < -0.4 is 5.73 Å². The van der Waals surface area contributed by atoms with Crippen molar-refractivity contribution < 1.29 is 5.11 Å². The van der Waals surface area contributed by atoms with Crippen LogP contribution in [0.3, 0.4) is 0 Å². The molecule has 2 nitrogen and oxygen atoms in total. The topological polar surface area (TPSA) is 46.2 Å². The van der Waals surface area contributed by atoms with Crippen molar-refractivity contribution in [3.05, 3.63) is 22.4 Å². The van der Waals surface area contributed by atoms with E-state index in [-0.39, 0.29) is 12.6 Å². The molecule has 80 valence electrons. The van der Waals surface area contributed by atoms with Gasteiger partial charge in [0.2, 0.25) is 0 Å². The Balaban J connectivity index is 2.62. The highest BCUT2D eigenvalue weighted by Gasteiger charge is 2.19. The fourth-order valence-electron chi connectivity index (χ4n) is 1.26. The molecule has 1 heterocycles. The molecule has 3 N–H and O–H groups in total.